The molecule has 0 atom stereocenters. The summed E-state index contributed by atoms with van der Waals surface area (Å²) in [5.74, 6) is 0.0128. The molecule has 0 unspecified atom stereocenters. The number of hydrogen-bond acceptors (Lipinski definition) is 3. The van der Waals surface area contributed by atoms with E-state index in [0.29, 0.717) is 0 Å². The Bertz CT molecular complexity index is 656. The maximum Gasteiger partial charge on any atom is 0.380 e. The van der Waals surface area contributed by atoms with Crippen molar-refractivity contribution in [1.82, 2.24) is 0 Å². The van der Waals surface area contributed by atoms with Gasteiger partial charge in [-0.3, -0.25) is 0 Å². The van der Waals surface area contributed by atoms with Gasteiger partial charge >= 0.3 is 10.3 Å². The van der Waals surface area contributed by atoms with Crippen molar-refractivity contribution in [2.24, 2.45) is 5.14 Å². The van der Waals surface area contributed by atoms with E-state index in [1.165, 1.54) is 6.07 Å². The normalized spacial score (nSPS) is 11.2. The SMILES string of the molecule is NS(=O)(=O)Oc1ccc(-c2ccccc2)cc1Cl. The van der Waals surface area contributed by atoms with Gasteiger partial charge in [-0.2, -0.15) is 13.6 Å². The first-order chi connectivity index (χ1) is 8.46. The van der Waals surface area contributed by atoms with Gasteiger partial charge in [0.1, 0.15) is 0 Å². The van der Waals surface area contributed by atoms with Crippen molar-refractivity contribution in [3.8, 4) is 16.9 Å². The van der Waals surface area contributed by atoms with Crippen molar-refractivity contribution in [2.45, 2.75) is 0 Å². The molecule has 0 heterocycles. The summed E-state index contributed by atoms with van der Waals surface area (Å²) in [4.78, 5) is 0. The Morgan fingerprint density at radius 1 is 1.00 bits per heavy atom. The maximum absolute atomic E-state index is 10.8. The monoisotopic (exact) mass is 283 g/mol. The zero-order valence-electron chi connectivity index (χ0n) is 9.21. The van der Waals surface area contributed by atoms with E-state index in [1.54, 1.807) is 12.1 Å². The lowest BCUT2D eigenvalue weighted by Crippen LogP contribution is -2.19. The average Bonchev–Trinajstić information content (AvgIpc) is 2.31. The fourth-order valence-electron chi connectivity index (χ4n) is 1.50. The van der Waals surface area contributed by atoms with E-state index in [-0.39, 0.29) is 10.8 Å². The van der Waals surface area contributed by atoms with E-state index in [9.17, 15) is 8.42 Å². The molecule has 0 amide bonds. The Morgan fingerprint density at radius 2 is 1.67 bits per heavy atom. The molecule has 2 aromatic carbocycles. The third kappa shape index (κ3) is 3.22. The maximum atomic E-state index is 10.8. The van der Waals surface area contributed by atoms with Crippen LogP contribution in [-0.2, 0) is 10.3 Å². The van der Waals surface area contributed by atoms with Crippen LogP contribution in [-0.4, -0.2) is 8.42 Å². The molecule has 0 bridgehead atoms. The summed E-state index contributed by atoms with van der Waals surface area (Å²) < 4.78 is 26.2. The summed E-state index contributed by atoms with van der Waals surface area (Å²) in [6, 6.07) is 14.4. The fraction of sp³-hybridized carbons (Fsp3) is 0. The molecule has 0 saturated carbocycles. The van der Waals surface area contributed by atoms with Crippen LogP contribution in [0.5, 0.6) is 5.75 Å². The van der Waals surface area contributed by atoms with Gasteiger partial charge in [0, 0.05) is 0 Å². The summed E-state index contributed by atoms with van der Waals surface area (Å²) in [5.41, 5.74) is 1.84. The molecule has 0 spiro atoms. The van der Waals surface area contributed by atoms with E-state index in [4.69, 9.17) is 16.7 Å². The Balaban J connectivity index is 2.37. The number of nitrogens with two attached hydrogens (primary N) is 1. The number of rotatable bonds is 3. The molecule has 0 aliphatic heterocycles. The lowest BCUT2D eigenvalue weighted by Gasteiger charge is -2.07. The zero-order valence-corrected chi connectivity index (χ0v) is 10.8. The predicted octanol–water partition coefficient (Wildman–Crippen LogP) is 2.59. The Morgan fingerprint density at radius 3 is 2.22 bits per heavy atom. The summed E-state index contributed by atoms with van der Waals surface area (Å²) in [6.45, 7) is 0. The van der Waals surface area contributed by atoms with E-state index in [1.807, 2.05) is 30.3 Å². The van der Waals surface area contributed by atoms with Crippen LogP contribution < -0.4 is 9.32 Å². The minimum atomic E-state index is -4.06. The van der Waals surface area contributed by atoms with Crippen LogP contribution >= 0.6 is 11.6 Å². The molecule has 0 saturated heterocycles. The van der Waals surface area contributed by atoms with Crippen LogP contribution in [0.4, 0.5) is 0 Å². The summed E-state index contributed by atoms with van der Waals surface area (Å²) in [7, 11) is -4.06. The van der Waals surface area contributed by atoms with Gasteiger partial charge in [-0.25, -0.2) is 0 Å². The predicted molar refractivity (Wildman–Crippen MR) is 70.6 cm³/mol. The third-order valence-electron chi connectivity index (χ3n) is 2.24. The van der Waals surface area contributed by atoms with E-state index in [0.717, 1.165) is 11.1 Å². The molecule has 94 valence electrons. The molecule has 18 heavy (non-hydrogen) atoms. The number of halogens is 1. The van der Waals surface area contributed by atoms with Crippen LogP contribution in [0.3, 0.4) is 0 Å². The zero-order chi connectivity index (χ0) is 13.2. The molecule has 4 nitrogen and oxygen atoms in total. The highest BCUT2D eigenvalue weighted by molar-refractivity contribution is 7.84. The summed E-state index contributed by atoms with van der Waals surface area (Å²) in [6.07, 6.45) is 0. The largest absolute Gasteiger partial charge is 0.380 e. The Labute approximate surface area is 110 Å². The molecule has 0 aliphatic rings. The lowest BCUT2D eigenvalue weighted by atomic mass is 10.1. The quantitative estimate of drug-likeness (QED) is 0.941. The van der Waals surface area contributed by atoms with Gasteiger partial charge in [0.05, 0.1) is 5.02 Å². The van der Waals surface area contributed by atoms with E-state index in [2.05, 4.69) is 4.18 Å². The third-order valence-corrected chi connectivity index (χ3v) is 2.95. The molecule has 0 fully saturated rings. The second-order valence-electron chi connectivity index (χ2n) is 3.59. The topological polar surface area (TPSA) is 69.4 Å². The van der Waals surface area contributed by atoms with Gasteiger partial charge in [-0.15, -0.1) is 0 Å². The van der Waals surface area contributed by atoms with Crippen molar-refractivity contribution >= 4 is 21.9 Å². The minimum Gasteiger partial charge on any atom is -0.369 e. The van der Waals surface area contributed by atoms with Crippen LogP contribution in [0.15, 0.2) is 48.5 Å². The van der Waals surface area contributed by atoms with Gasteiger partial charge in [0.15, 0.2) is 5.75 Å². The first kappa shape index (κ1) is 12.9. The van der Waals surface area contributed by atoms with Crippen molar-refractivity contribution in [3.05, 3.63) is 53.6 Å². The van der Waals surface area contributed by atoms with Gasteiger partial charge in [-0.1, -0.05) is 48.0 Å². The second kappa shape index (κ2) is 4.97. The summed E-state index contributed by atoms with van der Waals surface area (Å²) in [5, 5.41) is 4.96. The summed E-state index contributed by atoms with van der Waals surface area (Å²) >= 11 is 5.94. The standard InChI is InChI=1S/C12H10ClNO3S/c13-11-8-10(9-4-2-1-3-5-9)6-7-12(11)17-18(14,15)16/h1-8H,(H2,14,15,16). The van der Waals surface area contributed by atoms with Crippen LogP contribution in [0.1, 0.15) is 0 Å². The van der Waals surface area contributed by atoms with Crippen LogP contribution in [0.25, 0.3) is 11.1 Å². The lowest BCUT2D eigenvalue weighted by molar-refractivity contribution is 0.488. The van der Waals surface area contributed by atoms with Gasteiger partial charge in [0.2, 0.25) is 0 Å². The van der Waals surface area contributed by atoms with E-state index >= 15 is 0 Å². The highest BCUT2D eigenvalue weighted by Crippen LogP contribution is 2.30. The molecule has 6 heteroatoms. The van der Waals surface area contributed by atoms with E-state index < -0.39 is 10.3 Å². The molecule has 2 N–H and O–H groups in total. The molecular formula is C12H10ClNO3S. The second-order valence-corrected chi connectivity index (χ2v) is 5.15. The Kier molecular flexibility index (Phi) is 3.56. The molecule has 2 aromatic rings. The van der Waals surface area contributed by atoms with Crippen LogP contribution in [0, 0.1) is 0 Å². The number of benzene rings is 2. The van der Waals surface area contributed by atoms with Gasteiger partial charge in [0.25, 0.3) is 0 Å². The fourth-order valence-corrected chi connectivity index (χ4v) is 2.16. The van der Waals surface area contributed by atoms with Gasteiger partial charge < -0.3 is 4.18 Å². The molecule has 0 radical (unpaired) electrons. The van der Waals surface area contributed by atoms with Crippen molar-refractivity contribution < 1.29 is 12.6 Å². The smallest absolute Gasteiger partial charge is 0.369 e. The van der Waals surface area contributed by atoms with Crippen molar-refractivity contribution in [2.75, 3.05) is 0 Å². The van der Waals surface area contributed by atoms with Crippen LogP contribution in [0.2, 0.25) is 5.02 Å². The molecule has 0 aliphatic carbocycles. The molecule has 2 rings (SSSR count). The van der Waals surface area contributed by atoms with Crippen molar-refractivity contribution in [1.29, 1.82) is 0 Å². The first-order valence-corrected chi connectivity index (χ1v) is 6.88. The minimum absolute atomic E-state index is 0.0128. The van der Waals surface area contributed by atoms with Crippen molar-refractivity contribution in [3.63, 3.8) is 0 Å². The highest BCUT2D eigenvalue weighted by Gasteiger charge is 2.10. The molecule has 0 aromatic heterocycles. The van der Waals surface area contributed by atoms with Gasteiger partial charge in [-0.05, 0) is 23.3 Å². The molecular weight excluding hydrogens is 274 g/mol. The Hall–Kier alpha value is -1.56. The first-order valence-electron chi connectivity index (χ1n) is 5.03. The number of hydrogen-bond donors (Lipinski definition) is 1. The average molecular weight is 284 g/mol. The highest BCUT2D eigenvalue weighted by atomic mass is 35.5.